The molecule has 0 saturated carbocycles. The van der Waals surface area contributed by atoms with Gasteiger partial charge in [0.25, 0.3) is 0 Å². The van der Waals surface area contributed by atoms with Gasteiger partial charge < -0.3 is 20.1 Å². The second-order valence-corrected chi connectivity index (χ2v) is 3.89. The summed E-state index contributed by atoms with van der Waals surface area (Å²) in [6, 6.07) is 0. The third-order valence-corrected chi connectivity index (χ3v) is 2.67. The second-order valence-electron chi connectivity index (χ2n) is 3.89. The summed E-state index contributed by atoms with van der Waals surface area (Å²) in [5, 5.41) is 12.2. The molecule has 0 aromatic carbocycles. The van der Waals surface area contributed by atoms with Crippen LogP contribution in [0.1, 0.15) is 12.8 Å². The number of carbonyl (C=O) groups excluding carboxylic acids is 1. The highest BCUT2D eigenvalue weighted by Crippen LogP contribution is 2.13. The van der Waals surface area contributed by atoms with E-state index in [0.717, 1.165) is 25.9 Å². The average Bonchev–Trinajstić information content (AvgIpc) is 2.14. The average molecular weight is 200 g/mol. The van der Waals surface area contributed by atoms with Gasteiger partial charge in [-0.05, 0) is 25.9 Å². The molecule has 1 amide bonds. The fourth-order valence-electron chi connectivity index (χ4n) is 1.73. The first-order valence-corrected chi connectivity index (χ1v) is 5.10. The summed E-state index contributed by atoms with van der Waals surface area (Å²) in [4.78, 5) is 12.9. The number of nitrogens with one attached hydrogen (secondary N) is 1. The molecule has 0 unspecified atom stereocenters. The van der Waals surface area contributed by atoms with Gasteiger partial charge in [0.05, 0.1) is 19.2 Å². The van der Waals surface area contributed by atoms with Gasteiger partial charge in [-0.25, -0.2) is 4.79 Å². The first kappa shape index (κ1) is 9.73. The smallest absolute Gasteiger partial charge is 0.410 e. The molecule has 2 aliphatic rings. The lowest BCUT2D eigenvalue weighted by molar-refractivity contribution is -0.0187. The lowest BCUT2D eigenvalue weighted by Gasteiger charge is -2.36. The molecular formula is C9H16N2O3. The maximum Gasteiger partial charge on any atom is 0.410 e. The van der Waals surface area contributed by atoms with Crippen molar-refractivity contribution in [3.8, 4) is 0 Å². The van der Waals surface area contributed by atoms with E-state index in [2.05, 4.69) is 5.32 Å². The molecule has 0 radical (unpaired) electrons. The maximum absolute atomic E-state index is 11.4. The van der Waals surface area contributed by atoms with E-state index in [1.165, 1.54) is 4.90 Å². The van der Waals surface area contributed by atoms with Gasteiger partial charge in [-0.2, -0.15) is 0 Å². The highest BCUT2D eigenvalue weighted by atomic mass is 16.6. The summed E-state index contributed by atoms with van der Waals surface area (Å²) < 4.78 is 5.28. The third kappa shape index (κ3) is 2.16. The van der Waals surface area contributed by atoms with Crippen LogP contribution in [0.15, 0.2) is 0 Å². The fourth-order valence-corrected chi connectivity index (χ4v) is 1.73. The highest BCUT2D eigenvalue weighted by molar-refractivity contribution is 5.69. The minimum absolute atomic E-state index is 0.0569. The van der Waals surface area contributed by atoms with Crippen molar-refractivity contribution < 1.29 is 14.6 Å². The Kier molecular flexibility index (Phi) is 2.88. The van der Waals surface area contributed by atoms with E-state index in [-0.39, 0.29) is 18.3 Å². The Labute approximate surface area is 83.0 Å². The molecule has 0 aromatic rings. The van der Waals surface area contributed by atoms with Crippen molar-refractivity contribution in [2.24, 2.45) is 0 Å². The molecule has 5 heteroatoms. The quantitative estimate of drug-likeness (QED) is 0.602. The molecule has 2 saturated heterocycles. The van der Waals surface area contributed by atoms with E-state index < -0.39 is 0 Å². The number of ether oxygens (including phenoxy) is 1. The molecule has 0 aliphatic carbocycles. The van der Waals surface area contributed by atoms with Crippen LogP contribution in [-0.2, 0) is 4.74 Å². The summed E-state index contributed by atoms with van der Waals surface area (Å²) in [5.41, 5.74) is 0. The van der Waals surface area contributed by atoms with Crippen LogP contribution < -0.4 is 5.32 Å². The first-order valence-electron chi connectivity index (χ1n) is 5.10. The van der Waals surface area contributed by atoms with Gasteiger partial charge in [0.1, 0.15) is 6.10 Å². The zero-order valence-corrected chi connectivity index (χ0v) is 8.11. The Morgan fingerprint density at radius 1 is 1.36 bits per heavy atom. The molecule has 5 nitrogen and oxygen atoms in total. The van der Waals surface area contributed by atoms with Crippen molar-refractivity contribution in [2.45, 2.75) is 25.0 Å². The monoisotopic (exact) mass is 200 g/mol. The van der Waals surface area contributed by atoms with Crippen LogP contribution in [0.3, 0.4) is 0 Å². The zero-order chi connectivity index (χ0) is 9.97. The standard InChI is InChI=1S/C9H16N2O3/c12-7-5-11(6-7)9(13)14-8-1-3-10-4-2-8/h7-8,10,12H,1-6H2. The van der Waals surface area contributed by atoms with Gasteiger partial charge in [-0.15, -0.1) is 0 Å². The van der Waals surface area contributed by atoms with Gasteiger partial charge in [0, 0.05) is 0 Å². The molecule has 80 valence electrons. The summed E-state index contributed by atoms with van der Waals surface area (Å²) in [7, 11) is 0. The van der Waals surface area contributed by atoms with Gasteiger partial charge >= 0.3 is 6.09 Å². The van der Waals surface area contributed by atoms with Crippen molar-refractivity contribution >= 4 is 6.09 Å². The molecule has 0 aromatic heterocycles. The summed E-state index contributed by atoms with van der Waals surface area (Å²) >= 11 is 0. The van der Waals surface area contributed by atoms with E-state index in [0.29, 0.717) is 13.1 Å². The van der Waals surface area contributed by atoms with Crippen LogP contribution in [0.5, 0.6) is 0 Å². The first-order chi connectivity index (χ1) is 6.75. The van der Waals surface area contributed by atoms with E-state index >= 15 is 0 Å². The molecular weight excluding hydrogens is 184 g/mol. The van der Waals surface area contributed by atoms with Crippen LogP contribution in [-0.4, -0.2) is 54.5 Å². The number of hydrogen-bond acceptors (Lipinski definition) is 4. The van der Waals surface area contributed by atoms with E-state index in [1.54, 1.807) is 0 Å². The van der Waals surface area contributed by atoms with Crippen molar-refractivity contribution in [1.29, 1.82) is 0 Å². The van der Waals surface area contributed by atoms with Crippen LogP contribution in [0.25, 0.3) is 0 Å². The minimum atomic E-state index is -0.351. The van der Waals surface area contributed by atoms with E-state index in [1.807, 2.05) is 0 Å². The summed E-state index contributed by atoms with van der Waals surface area (Å²) in [5.74, 6) is 0. The predicted octanol–water partition coefficient (Wildman–Crippen LogP) is -0.449. The predicted molar refractivity (Wildman–Crippen MR) is 50.0 cm³/mol. The molecule has 0 atom stereocenters. The topological polar surface area (TPSA) is 61.8 Å². The Bertz CT molecular complexity index is 210. The molecule has 2 fully saturated rings. The number of amides is 1. The normalized spacial score (nSPS) is 24.5. The van der Waals surface area contributed by atoms with Gasteiger partial charge in [0.15, 0.2) is 0 Å². The number of nitrogens with zero attached hydrogens (tertiary/aromatic N) is 1. The fraction of sp³-hybridized carbons (Fsp3) is 0.889. The number of aliphatic hydroxyl groups is 1. The molecule has 2 rings (SSSR count). The van der Waals surface area contributed by atoms with Gasteiger partial charge in [0.2, 0.25) is 0 Å². The van der Waals surface area contributed by atoms with Crippen molar-refractivity contribution in [2.75, 3.05) is 26.2 Å². The Balaban J connectivity index is 1.71. The van der Waals surface area contributed by atoms with E-state index in [9.17, 15) is 4.79 Å². The van der Waals surface area contributed by atoms with Gasteiger partial charge in [-0.1, -0.05) is 0 Å². The zero-order valence-electron chi connectivity index (χ0n) is 8.11. The number of carbonyl (C=O) groups is 1. The SMILES string of the molecule is O=C(OC1CCNCC1)N1CC(O)C1. The number of likely N-dealkylation sites (tertiary alicyclic amines) is 1. The van der Waals surface area contributed by atoms with E-state index in [4.69, 9.17) is 9.84 Å². The van der Waals surface area contributed by atoms with Crippen LogP contribution in [0.2, 0.25) is 0 Å². The van der Waals surface area contributed by atoms with Crippen LogP contribution in [0, 0.1) is 0 Å². The number of piperidine rings is 1. The van der Waals surface area contributed by atoms with Crippen molar-refractivity contribution in [1.82, 2.24) is 10.2 Å². The molecule has 2 heterocycles. The third-order valence-electron chi connectivity index (χ3n) is 2.67. The van der Waals surface area contributed by atoms with Crippen LogP contribution >= 0.6 is 0 Å². The van der Waals surface area contributed by atoms with Crippen molar-refractivity contribution in [3.05, 3.63) is 0 Å². The molecule has 0 spiro atoms. The Morgan fingerprint density at radius 3 is 2.57 bits per heavy atom. The molecule has 2 aliphatic heterocycles. The number of aliphatic hydroxyl groups excluding tert-OH is 1. The summed E-state index contributed by atoms with van der Waals surface area (Å²) in [6.45, 7) is 2.68. The largest absolute Gasteiger partial charge is 0.446 e. The number of rotatable bonds is 1. The summed E-state index contributed by atoms with van der Waals surface area (Å²) in [6.07, 6.45) is 1.21. The second kappa shape index (κ2) is 4.14. The molecule has 14 heavy (non-hydrogen) atoms. The van der Waals surface area contributed by atoms with Crippen molar-refractivity contribution in [3.63, 3.8) is 0 Å². The lowest BCUT2D eigenvalue weighted by atomic mass is 10.1. The van der Waals surface area contributed by atoms with Crippen LogP contribution in [0.4, 0.5) is 4.79 Å². The Morgan fingerprint density at radius 2 is 2.00 bits per heavy atom. The lowest BCUT2D eigenvalue weighted by Crippen LogP contribution is -2.54. The molecule has 0 bridgehead atoms. The minimum Gasteiger partial charge on any atom is -0.446 e. The molecule has 2 N–H and O–H groups in total. The Hall–Kier alpha value is -0.810. The van der Waals surface area contributed by atoms with Gasteiger partial charge in [-0.3, -0.25) is 0 Å². The number of hydrogen-bond donors (Lipinski definition) is 2. The maximum atomic E-state index is 11.4. The highest BCUT2D eigenvalue weighted by Gasteiger charge is 2.31. The number of β-amino-alcohol motifs (C(OH)–C–C–N with tert-alkyl or cyclic N) is 1.